The molecule has 0 bridgehead atoms. The Balaban J connectivity index is 1.46. The van der Waals surface area contributed by atoms with Crippen LogP contribution in [0.5, 0.6) is 0 Å². The molecule has 4 atom stereocenters. The van der Waals surface area contributed by atoms with Gasteiger partial charge in [-0.1, -0.05) is 86.6 Å². The van der Waals surface area contributed by atoms with E-state index >= 15 is 0 Å². The number of aliphatic hydroxyl groups is 3. The molecule has 1 aliphatic rings. The summed E-state index contributed by atoms with van der Waals surface area (Å²) in [7, 11) is 0. The lowest BCUT2D eigenvalue weighted by Crippen LogP contribution is -2.48. The summed E-state index contributed by atoms with van der Waals surface area (Å²) in [6, 6.07) is 24.9. The van der Waals surface area contributed by atoms with E-state index in [1.807, 2.05) is 60.7 Å². The summed E-state index contributed by atoms with van der Waals surface area (Å²) in [4.78, 5) is 0. The van der Waals surface area contributed by atoms with E-state index in [1.54, 1.807) is 26.0 Å². The maximum Gasteiger partial charge on any atom is 0.133 e. The van der Waals surface area contributed by atoms with Gasteiger partial charge in [-0.05, 0) is 28.8 Å². The van der Waals surface area contributed by atoms with Gasteiger partial charge in [0, 0.05) is 5.41 Å². The lowest BCUT2D eigenvalue weighted by atomic mass is 10.0. The molecule has 0 amide bonds. The maximum absolute atomic E-state index is 13.3. The summed E-state index contributed by atoms with van der Waals surface area (Å²) in [6.45, 7) is 3.77. The fraction of sp³-hybridized carbons (Fsp3) is 0.400. The standard InChI is InChI=1S/C30H35FO6/c1-28(2)29(33,26(32)20-35-17-22-9-5-3-6-10-22)30(28,34)27(21-36-18-23-11-7-4-8-12-23)37-19-24-13-15-25(31)16-14-24/h3-16,26-27,32-34H,17-21H2,1-2H3/t26-,27-,29+,30+/m1/s1. The third kappa shape index (κ3) is 5.48. The van der Waals surface area contributed by atoms with Crippen LogP contribution in [0.3, 0.4) is 0 Å². The molecule has 1 fully saturated rings. The Hall–Kier alpha value is -2.65. The van der Waals surface area contributed by atoms with Crippen molar-refractivity contribution in [1.82, 2.24) is 0 Å². The third-order valence-corrected chi connectivity index (χ3v) is 7.50. The Morgan fingerprint density at radius 3 is 1.70 bits per heavy atom. The molecule has 0 unspecified atom stereocenters. The van der Waals surface area contributed by atoms with Crippen LogP contribution in [-0.4, -0.2) is 51.9 Å². The van der Waals surface area contributed by atoms with Gasteiger partial charge < -0.3 is 29.5 Å². The SMILES string of the molecule is CC1(C)[C@@](O)([C@H](O)COCc2ccccc2)[C@]1(O)[C@@H](COCc1ccccc1)OCc1ccc(F)cc1. The average molecular weight is 511 g/mol. The summed E-state index contributed by atoms with van der Waals surface area (Å²) in [5.41, 5.74) is -2.27. The molecule has 0 aromatic heterocycles. The topological polar surface area (TPSA) is 88.4 Å². The van der Waals surface area contributed by atoms with Gasteiger partial charge in [-0.15, -0.1) is 0 Å². The zero-order valence-corrected chi connectivity index (χ0v) is 21.2. The van der Waals surface area contributed by atoms with E-state index in [0.29, 0.717) is 5.56 Å². The van der Waals surface area contributed by atoms with Crippen LogP contribution < -0.4 is 0 Å². The molecule has 0 saturated heterocycles. The zero-order valence-electron chi connectivity index (χ0n) is 21.2. The quantitative estimate of drug-likeness (QED) is 0.322. The van der Waals surface area contributed by atoms with Crippen molar-refractivity contribution in [3.63, 3.8) is 0 Å². The lowest BCUT2D eigenvalue weighted by molar-refractivity contribution is -0.156. The smallest absolute Gasteiger partial charge is 0.133 e. The minimum Gasteiger partial charge on any atom is -0.388 e. The van der Waals surface area contributed by atoms with Crippen molar-refractivity contribution in [2.75, 3.05) is 13.2 Å². The number of hydrogen-bond acceptors (Lipinski definition) is 6. The molecule has 198 valence electrons. The molecule has 1 aliphatic carbocycles. The molecule has 0 radical (unpaired) electrons. The molecular weight excluding hydrogens is 475 g/mol. The maximum atomic E-state index is 13.3. The summed E-state index contributed by atoms with van der Waals surface area (Å²) < 4.78 is 31.0. The Kier molecular flexibility index (Phi) is 8.43. The molecule has 3 aromatic rings. The largest absolute Gasteiger partial charge is 0.388 e. The van der Waals surface area contributed by atoms with Crippen molar-refractivity contribution in [2.45, 2.75) is 57.1 Å². The highest BCUT2D eigenvalue weighted by atomic mass is 19.1. The first-order chi connectivity index (χ1) is 17.7. The van der Waals surface area contributed by atoms with Crippen molar-refractivity contribution in [3.8, 4) is 0 Å². The van der Waals surface area contributed by atoms with Gasteiger partial charge in [-0.25, -0.2) is 4.39 Å². The first kappa shape index (κ1) is 27.4. The second-order valence-corrected chi connectivity index (χ2v) is 10.1. The Morgan fingerprint density at radius 1 is 0.676 bits per heavy atom. The van der Waals surface area contributed by atoms with E-state index in [1.165, 1.54) is 12.1 Å². The fourth-order valence-electron chi connectivity index (χ4n) is 5.12. The fourth-order valence-corrected chi connectivity index (χ4v) is 5.12. The van der Waals surface area contributed by atoms with Crippen LogP contribution in [0.4, 0.5) is 4.39 Å². The van der Waals surface area contributed by atoms with E-state index in [9.17, 15) is 19.7 Å². The normalized spacial score (nSPS) is 23.9. The molecule has 6 nitrogen and oxygen atoms in total. The predicted molar refractivity (Wildman–Crippen MR) is 137 cm³/mol. The molecule has 0 aliphatic heterocycles. The highest BCUT2D eigenvalue weighted by Crippen LogP contribution is 2.68. The van der Waals surface area contributed by atoms with E-state index in [0.717, 1.165) is 11.1 Å². The molecule has 7 heteroatoms. The minimum absolute atomic E-state index is 0.0318. The minimum atomic E-state index is -1.90. The summed E-state index contributed by atoms with van der Waals surface area (Å²) in [5, 5.41) is 34.4. The summed E-state index contributed by atoms with van der Waals surface area (Å²) in [6.07, 6.45) is -2.35. The first-order valence-electron chi connectivity index (χ1n) is 12.4. The van der Waals surface area contributed by atoms with Gasteiger partial charge in [0.25, 0.3) is 0 Å². The van der Waals surface area contributed by atoms with Crippen LogP contribution >= 0.6 is 0 Å². The van der Waals surface area contributed by atoms with E-state index in [4.69, 9.17) is 14.2 Å². The number of rotatable bonds is 13. The van der Waals surface area contributed by atoms with Crippen molar-refractivity contribution in [3.05, 3.63) is 107 Å². The predicted octanol–water partition coefficient (Wildman–Crippen LogP) is 4.01. The van der Waals surface area contributed by atoms with Crippen molar-refractivity contribution < 1.29 is 33.9 Å². The molecule has 3 N–H and O–H groups in total. The second kappa shape index (κ2) is 11.4. The lowest BCUT2D eigenvalue weighted by Gasteiger charge is -2.29. The Labute approximate surface area is 217 Å². The zero-order chi connectivity index (χ0) is 26.5. The van der Waals surface area contributed by atoms with Crippen LogP contribution in [0.2, 0.25) is 0 Å². The van der Waals surface area contributed by atoms with Crippen LogP contribution in [-0.2, 0) is 34.0 Å². The van der Waals surface area contributed by atoms with E-state index in [2.05, 4.69) is 0 Å². The number of aliphatic hydroxyl groups excluding tert-OH is 1. The molecule has 3 aromatic carbocycles. The van der Waals surface area contributed by atoms with Crippen LogP contribution in [0.15, 0.2) is 84.9 Å². The van der Waals surface area contributed by atoms with Crippen LogP contribution in [0.1, 0.15) is 30.5 Å². The highest BCUT2D eigenvalue weighted by molar-refractivity contribution is 5.37. The molecule has 0 heterocycles. The Morgan fingerprint density at radius 2 is 1.16 bits per heavy atom. The van der Waals surface area contributed by atoms with Crippen LogP contribution in [0, 0.1) is 11.2 Å². The van der Waals surface area contributed by atoms with Gasteiger partial charge in [-0.3, -0.25) is 0 Å². The average Bonchev–Trinajstić information content (AvgIpc) is 3.28. The van der Waals surface area contributed by atoms with Gasteiger partial charge in [0.05, 0.1) is 33.0 Å². The van der Waals surface area contributed by atoms with Crippen LogP contribution in [0.25, 0.3) is 0 Å². The number of hydrogen-bond donors (Lipinski definition) is 3. The summed E-state index contributed by atoms with van der Waals surface area (Å²) in [5.74, 6) is -0.360. The summed E-state index contributed by atoms with van der Waals surface area (Å²) >= 11 is 0. The van der Waals surface area contributed by atoms with Crippen molar-refractivity contribution in [1.29, 1.82) is 0 Å². The number of benzene rings is 3. The van der Waals surface area contributed by atoms with E-state index in [-0.39, 0.29) is 38.9 Å². The van der Waals surface area contributed by atoms with Gasteiger partial charge in [0.2, 0.25) is 0 Å². The second-order valence-electron chi connectivity index (χ2n) is 10.1. The van der Waals surface area contributed by atoms with Gasteiger partial charge >= 0.3 is 0 Å². The number of ether oxygens (including phenoxy) is 3. The van der Waals surface area contributed by atoms with Crippen molar-refractivity contribution >= 4 is 0 Å². The third-order valence-electron chi connectivity index (χ3n) is 7.50. The first-order valence-corrected chi connectivity index (χ1v) is 12.4. The monoisotopic (exact) mass is 510 g/mol. The molecule has 1 saturated carbocycles. The molecule has 37 heavy (non-hydrogen) atoms. The van der Waals surface area contributed by atoms with Gasteiger partial charge in [0.1, 0.15) is 29.2 Å². The molecule has 0 spiro atoms. The Bertz CT molecular complexity index is 1120. The van der Waals surface area contributed by atoms with Crippen molar-refractivity contribution in [2.24, 2.45) is 5.41 Å². The number of halogens is 1. The molecule has 4 rings (SSSR count). The molecular formula is C30H35FO6. The van der Waals surface area contributed by atoms with Gasteiger partial charge in [0.15, 0.2) is 0 Å². The highest BCUT2D eigenvalue weighted by Gasteiger charge is 2.87. The van der Waals surface area contributed by atoms with E-state index < -0.39 is 28.8 Å². The van der Waals surface area contributed by atoms with Gasteiger partial charge in [-0.2, -0.15) is 0 Å².